The Balaban J connectivity index is 1.37. The van der Waals surface area contributed by atoms with Gasteiger partial charge in [0.25, 0.3) is 5.69 Å². The third kappa shape index (κ3) is 4.53. The molecule has 130 valence electrons. The minimum Gasteiger partial charge on any atom is -0.474 e. The first-order valence-corrected chi connectivity index (χ1v) is 8.09. The number of benzene rings is 1. The van der Waals surface area contributed by atoms with Crippen molar-refractivity contribution >= 4 is 11.7 Å². The lowest BCUT2D eigenvalue weighted by Crippen LogP contribution is -2.39. The molecule has 25 heavy (non-hydrogen) atoms. The maximum Gasteiger partial charge on any atom is 0.309 e. The molecule has 0 radical (unpaired) electrons. The van der Waals surface area contributed by atoms with Crippen molar-refractivity contribution in [1.29, 1.82) is 0 Å². The molecule has 0 spiro atoms. The Bertz CT molecular complexity index is 727. The van der Waals surface area contributed by atoms with E-state index in [-0.39, 0.29) is 23.7 Å². The van der Waals surface area contributed by atoms with Gasteiger partial charge in [-0.2, -0.15) is 0 Å². The summed E-state index contributed by atoms with van der Waals surface area (Å²) in [6, 6.07) is 12.7. The van der Waals surface area contributed by atoms with Crippen LogP contribution in [0.2, 0.25) is 0 Å². The summed E-state index contributed by atoms with van der Waals surface area (Å²) in [6.07, 6.45) is 2.89. The highest BCUT2D eigenvalue weighted by atomic mass is 16.6. The average molecular weight is 342 g/mol. The largest absolute Gasteiger partial charge is 0.474 e. The number of aromatic nitrogens is 1. The van der Waals surface area contributed by atoms with Gasteiger partial charge in [-0.05, 0) is 18.4 Å². The normalized spacial score (nSPS) is 18.9. The van der Waals surface area contributed by atoms with E-state index < -0.39 is 4.92 Å². The summed E-state index contributed by atoms with van der Waals surface area (Å²) in [7, 11) is 0. The summed E-state index contributed by atoms with van der Waals surface area (Å²) in [4.78, 5) is 25.9. The molecule has 0 unspecified atom stereocenters. The Morgan fingerprint density at radius 2 is 1.96 bits per heavy atom. The number of ether oxygens (including phenoxy) is 2. The first-order valence-electron chi connectivity index (χ1n) is 8.09. The number of esters is 1. The van der Waals surface area contributed by atoms with Gasteiger partial charge in [-0.15, -0.1) is 0 Å². The summed E-state index contributed by atoms with van der Waals surface area (Å²) in [6.45, 7) is 0.370. The SMILES string of the molecule is O=C(OCCc1ccccc1)C1CC(Oc2ccc([N+](=O)[O-])cn2)C1. The molecule has 0 bridgehead atoms. The number of hydrogen-bond acceptors (Lipinski definition) is 6. The van der Waals surface area contributed by atoms with Crippen LogP contribution in [0.4, 0.5) is 5.69 Å². The third-order valence-corrected chi connectivity index (χ3v) is 4.12. The van der Waals surface area contributed by atoms with Crippen molar-refractivity contribution in [1.82, 2.24) is 4.98 Å². The molecule has 2 aromatic rings. The van der Waals surface area contributed by atoms with Crippen LogP contribution >= 0.6 is 0 Å². The molecule has 1 aromatic heterocycles. The fourth-order valence-corrected chi connectivity index (χ4v) is 2.61. The second-order valence-corrected chi connectivity index (χ2v) is 5.92. The molecule has 0 amide bonds. The highest BCUT2D eigenvalue weighted by Crippen LogP contribution is 2.32. The van der Waals surface area contributed by atoms with Crippen molar-refractivity contribution in [2.24, 2.45) is 5.92 Å². The molecule has 1 saturated carbocycles. The minimum absolute atomic E-state index is 0.0826. The van der Waals surface area contributed by atoms with Crippen LogP contribution < -0.4 is 4.74 Å². The second kappa shape index (κ2) is 7.74. The van der Waals surface area contributed by atoms with E-state index in [1.807, 2.05) is 30.3 Å². The molecular weight excluding hydrogens is 324 g/mol. The summed E-state index contributed by atoms with van der Waals surface area (Å²) in [5.41, 5.74) is 1.05. The number of hydrogen-bond donors (Lipinski definition) is 0. The van der Waals surface area contributed by atoms with Gasteiger partial charge in [-0.25, -0.2) is 4.98 Å². The van der Waals surface area contributed by atoms with E-state index in [1.54, 1.807) is 0 Å². The lowest BCUT2D eigenvalue weighted by atomic mass is 9.82. The van der Waals surface area contributed by atoms with Crippen LogP contribution in [0.15, 0.2) is 48.7 Å². The van der Waals surface area contributed by atoms with Crippen molar-refractivity contribution in [3.05, 3.63) is 64.3 Å². The molecule has 1 aromatic carbocycles. The molecule has 3 rings (SSSR count). The molecule has 0 saturated heterocycles. The van der Waals surface area contributed by atoms with Crippen molar-refractivity contribution in [3.63, 3.8) is 0 Å². The lowest BCUT2D eigenvalue weighted by Gasteiger charge is -2.33. The standard InChI is InChI=1S/C18H18N2O5/c21-18(24-9-8-13-4-2-1-3-5-13)14-10-16(11-14)25-17-7-6-15(12-19-17)20(22)23/h1-7,12,14,16H,8-11H2. The van der Waals surface area contributed by atoms with Crippen molar-refractivity contribution in [2.75, 3.05) is 6.61 Å². The topological polar surface area (TPSA) is 91.6 Å². The molecule has 0 aliphatic heterocycles. The van der Waals surface area contributed by atoms with Gasteiger partial charge in [0.15, 0.2) is 0 Å². The van der Waals surface area contributed by atoms with Crippen LogP contribution in [0.5, 0.6) is 5.88 Å². The summed E-state index contributed by atoms with van der Waals surface area (Å²) >= 11 is 0. The molecular formula is C18H18N2O5. The quantitative estimate of drug-likeness (QED) is 0.436. The van der Waals surface area contributed by atoms with Crippen LogP contribution in [0.3, 0.4) is 0 Å². The fourth-order valence-electron chi connectivity index (χ4n) is 2.61. The summed E-state index contributed by atoms with van der Waals surface area (Å²) < 4.78 is 10.9. The maximum absolute atomic E-state index is 12.0. The first kappa shape index (κ1) is 16.9. The monoisotopic (exact) mass is 342 g/mol. The Labute approximate surface area is 144 Å². The molecule has 0 atom stereocenters. The van der Waals surface area contributed by atoms with Gasteiger partial charge in [0, 0.05) is 18.6 Å². The van der Waals surface area contributed by atoms with Crippen molar-refractivity contribution in [2.45, 2.75) is 25.4 Å². The lowest BCUT2D eigenvalue weighted by molar-refractivity contribution is -0.385. The van der Waals surface area contributed by atoms with Crippen LogP contribution in [0.1, 0.15) is 18.4 Å². The van der Waals surface area contributed by atoms with Gasteiger partial charge < -0.3 is 9.47 Å². The number of carbonyl (C=O) groups excluding carboxylic acids is 1. The zero-order chi connectivity index (χ0) is 17.6. The van der Waals surface area contributed by atoms with E-state index in [0.717, 1.165) is 11.8 Å². The van der Waals surface area contributed by atoms with E-state index in [1.165, 1.54) is 12.1 Å². The zero-order valence-electron chi connectivity index (χ0n) is 13.5. The maximum atomic E-state index is 12.0. The number of nitrogens with zero attached hydrogens (tertiary/aromatic N) is 2. The second-order valence-electron chi connectivity index (χ2n) is 5.92. The van der Waals surface area contributed by atoms with Gasteiger partial charge in [0.05, 0.1) is 17.4 Å². The van der Waals surface area contributed by atoms with E-state index >= 15 is 0 Å². The highest BCUT2D eigenvalue weighted by molar-refractivity contribution is 5.73. The van der Waals surface area contributed by atoms with E-state index in [9.17, 15) is 14.9 Å². The first-order chi connectivity index (χ1) is 12.1. The van der Waals surface area contributed by atoms with E-state index in [0.29, 0.717) is 31.7 Å². The van der Waals surface area contributed by atoms with E-state index in [2.05, 4.69) is 4.98 Å². The van der Waals surface area contributed by atoms with Crippen LogP contribution in [-0.2, 0) is 16.0 Å². The van der Waals surface area contributed by atoms with Crippen LogP contribution in [-0.4, -0.2) is 28.6 Å². The molecule has 1 aliphatic carbocycles. The number of carbonyl (C=O) groups is 1. The predicted molar refractivity (Wildman–Crippen MR) is 89.1 cm³/mol. The van der Waals surface area contributed by atoms with Gasteiger partial charge in [0.2, 0.25) is 5.88 Å². The molecule has 7 heteroatoms. The number of nitro groups is 1. The average Bonchev–Trinajstić information content (AvgIpc) is 2.59. The number of pyridine rings is 1. The Morgan fingerprint density at radius 1 is 1.20 bits per heavy atom. The van der Waals surface area contributed by atoms with Gasteiger partial charge in [-0.3, -0.25) is 14.9 Å². The number of rotatable bonds is 7. The third-order valence-electron chi connectivity index (χ3n) is 4.12. The zero-order valence-corrected chi connectivity index (χ0v) is 13.5. The molecule has 1 heterocycles. The summed E-state index contributed by atoms with van der Waals surface area (Å²) in [5.74, 6) is -0.0299. The predicted octanol–water partition coefficient (Wildman–Crippen LogP) is 2.93. The Morgan fingerprint density at radius 3 is 2.60 bits per heavy atom. The van der Waals surface area contributed by atoms with E-state index in [4.69, 9.17) is 9.47 Å². The fraction of sp³-hybridized carbons (Fsp3) is 0.333. The van der Waals surface area contributed by atoms with Gasteiger partial charge in [-0.1, -0.05) is 30.3 Å². The van der Waals surface area contributed by atoms with Crippen molar-refractivity contribution < 1.29 is 19.2 Å². The molecule has 7 nitrogen and oxygen atoms in total. The van der Waals surface area contributed by atoms with Gasteiger partial charge >= 0.3 is 5.97 Å². The Hall–Kier alpha value is -2.96. The summed E-state index contributed by atoms with van der Waals surface area (Å²) in [5, 5.41) is 10.6. The van der Waals surface area contributed by atoms with Crippen LogP contribution in [0, 0.1) is 16.0 Å². The molecule has 1 aliphatic rings. The Kier molecular flexibility index (Phi) is 5.23. The smallest absolute Gasteiger partial charge is 0.309 e. The minimum atomic E-state index is -0.512. The van der Waals surface area contributed by atoms with Gasteiger partial charge in [0.1, 0.15) is 12.3 Å². The van der Waals surface area contributed by atoms with Crippen molar-refractivity contribution in [3.8, 4) is 5.88 Å². The highest BCUT2D eigenvalue weighted by Gasteiger charge is 2.37. The molecule has 1 fully saturated rings. The molecule has 0 N–H and O–H groups in total. The van der Waals surface area contributed by atoms with Crippen LogP contribution in [0.25, 0.3) is 0 Å².